The molecule has 0 amide bonds. The second-order valence-corrected chi connectivity index (χ2v) is 7.94. The largest absolute Gasteiger partial charge is 0.383 e. The molecule has 2 aromatic rings. The summed E-state index contributed by atoms with van der Waals surface area (Å²) in [7, 11) is 0. The third-order valence-electron chi connectivity index (χ3n) is 5.55. The highest BCUT2D eigenvalue weighted by Crippen LogP contribution is 2.37. The number of aromatic nitrogens is 1. The van der Waals surface area contributed by atoms with E-state index in [-0.39, 0.29) is 22.1 Å². The quantitative estimate of drug-likeness (QED) is 0.482. The summed E-state index contributed by atoms with van der Waals surface area (Å²) in [5.41, 5.74) is 9.42. The number of benzene rings is 1. The van der Waals surface area contributed by atoms with Gasteiger partial charge in [-0.2, -0.15) is 5.26 Å². The van der Waals surface area contributed by atoms with Crippen LogP contribution in [0.15, 0.2) is 18.2 Å². The Hall–Kier alpha value is -2.65. The number of rotatable bonds is 2. The van der Waals surface area contributed by atoms with Gasteiger partial charge in [0.1, 0.15) is 22.5 Å². The van der Waals surface area contributed by atoms with E-state index >= 15 is 0 Å². The van der Waals surface area contributed by atoms with Crippen LogP contribution >= 0.6 is 11.6 Å². The first-order valence-electron chi connectivity index (χ1n) is 10.2. The van der Waals surface area contributed by atoms with Crippen molar-refractivity contribution < 1.29 is 4.92 Å². The normalized spacial score (nSPS) is 15.4. The lowest BCUT2D eigenvalue weighted by atomic mass is 9.89. The Morgan fingerprint density at radius 3 is 2.31 bits per heavy atom. The van der Waals surface area contributed by atoms with Crippen molar-refractivity contribution in [2.45, 2.75) is 64.2 Å². The maximum atomic E-state index is 11.4. The first kappa shape index (κ1) is 21.1. The van der Waals surface area contributed by atoms with Crippen molar-refractivity contribution in [2.75, 3.05) is 5.73 Å². The Morgan fingerprint density at radius 1 is 1.07 bits per heavy atom. The van der Waals surface area contributed by atoms with Crippen molar-refractivity contribution in [2.24, 2.45) is 0 Å². The molecule has 1 aliphatic carbocycles. The van der Waals surface area contributed by atoms with Crippen LogP contribution in [0.4, 0.5) is 11.5 Å². The van der Waals surface area contributed by atoms with Crippen molar-refractivity contribution in [3.8, 4) is 17.2 Å². The summed E-state index contributed by atoms with van der Waals surface area (Å²) in [4.78, 5) is 15.5. The number of hydrogen-bond acceptors (Lipinski definition) is 5. The van der Waals surface area contributed by atoms with Crippen LogP contribution in [0.5, 0.6) is 0 Å². The zero-order valence-electron chi connectivity index (χ0n) is 16.4. The first-order chi connectivity index (χ1) is 14.0. The Bertz CT molecular complexity index is 953. The predicted molar refractivity (Wildman–Crippen MR) is 115 cm³/mol. The molecule has 0 saturated carbocycles. The number of nitro benzene ring substituents is 1. The molecule has 6 nitrogen and oxygen atoms in total. The molecule has 0 aliphatic heterocycles. The van der Waals surface area contributed by atoms with Gasteiger partial charge in [0.05, 0.1) is 4.92 Å². The molecule has 1 aromatic carbocycles. The standard InChI is InChI=1S/C22H25ClN4O2/c23-18-12-11-15(13-20(18)27(28)29)21-16-9-7-5-3-1-2-4-6-8-10-19(16)26-22(25)17(21)14-24/h11-13H,1-10H2,(H2,25,26). The summed E-state index contributed by atoms with van der Waals surface area (Å²) in [6.07, 6.45) is 10.8. The molecule has 2 N–H and O–H groups in total. The molecule has 1 heterocycles. The van der Waals surface area contributed by atoms with Gasteiger partial charge in [-0.25, -0.2) is 4.98 Å². The van der Waals surface area contributed by atoms with E-state index in [0.29, 0.717) is 11.1 Å². The van der Waals surface area contributed by atoms with E-state index < -0.39 is 4.92 Å². The molecule has 152 valence electrons. The fraction of sp³-hybridized carbons (Fsp3) is 0.455. The van der Waals surface area contributed by atoms with Crippen LogP contribution in [-0.4, -0.2) is 9.91 Å². The number of fused-ring (bicyclic) bond motifs is 1. The number of anilines is 1. The van der Waals surface area contributed by atoms with Crippen molar-refractivity contribution in [1.29, 1.82) is 5.26 Å². The monoisotopic (exact) mass is 412 g/mol. The van der Waals surface area contributed by atoms with Gasteiger partial charge in [0, 0.05) is 17.3 Å². The van der Waals surface area contributed by atoms with E-state index in [9.17, 15) is 15.4 Å². The predicted octanol–water partition coefficient (Wildman–Crippen LogP) is 5.98. The van der Waals surface area contributed by atoms with E-state index in [1.807, 2.05) is 0 Å². The average Bonchev–Trinajstić information content (AvgIpc) is 2.69. The number of nitrogens with two attached hydrogens (primary N) is 1. The molecular formula is C22H25ClN4O2. The van der Waals surface area contributed by atoms with Crippen molar-refractivity contribution in [1.82, 2.24) is 4.98 Å². The molecule has 1 aromatic heterocycles. The molecule has 1 aliphatic rings. The molecule has 0 bridgehead atoms. The molecule has 0 spiro atoms. The molecule has 0 saturated heterocycles. The van der Waals surface area contributed by atoms with Crippen LogP contribution in [0.25, 0.3) is 11.1 Å². The van der Waals surface area contributed by atoms with Crippen LogP contribution in [0, 0.1) is 21.4 Å². The van der Waals surface area contributed by atoms with Crippen LogP contribution in [-0.2, 0) is 12.8 Å². The Labute approximate surface area is 175 Å². The minimum atomic E-state index is -0.505. The maximum absolute atomic E-state index is 11.4. The molecule has 0 fully saturated rings. The number of hydrogen-bond donors (Lipinski definition) is 1. The summed E-state index contributed by atoms with van der Waals surface area (Å²) < 4.78 is 0. The van der Waals surface area contributed by atoms with Crippen molar-refractivity contribution in [3.05, 3.63) is 50.2 Å². The van der Waals surface area contributed by atoms with Crippen LogP contribution in [0.1, 0.15) is 68.2 Å². The van der Waals surface area contributed by atoms with Crippen LogP contribution in [0.2, 0.25) is 5.02 Å². The van der Waals surface area contributed by atoms with E-state index in [0.717, 1.165) is 49.8 Å². The maximum Gasteiger partial charge on any atom is 0.288 e. The topological polar surface area (TPSA) is 106 Å². The van der Waals surface area contributed by atoms with Gasteiger partial charge in [-0.15, -0.1) is 0 Å². The summed E-state index contributed by atoms with van der Waals surface area (Å²) in [6, 6.07) is 6.84. The Kier molecular flexibility index (Phi) is 7.05. The lowest BCUT2D eigenvalue weighted by Crippen LogP contribution is -2.09. The second-order valence-electron chi connectivity index (χ2n) is 7.54. The molecule has 7 heteroatoms. The van der Waals surface area contributed by atoms with E-state index in [1.54, 1.807) is 6.07 Å². The van der Waals surface area contributed by atoms with Gasteiger partial charge < -0.3 is 5.73 Å². The van der Waals surface area contributed by atoms with Gasteiger partial charge >= 0.3 is 0 Å². The number of nitriles is 1. The Morgan fingerprint density at radius 2 is 1.69 bits per heavy atom. The zero-order valence-corrected chi connectivity index (χ0v) is 17.2. The minimum Gasteiger partial charge on any atom is -0.383 e. The Balaban J connectivity index is 2.17. The summed E-state index contributed by atoms with van der Waals surface area (Å²) in [5.74, 6) is 0.186. The lowest BCUT2D eigenvalue weighted by molar-refractivity contribution is -0.384. The molecule has 29 heavy (non-hydrogen) atoms. The highest BCUT2D eigenvalue weighted by Gasteiger charge is 2.22. The molecule has 3 rings (SSSR count). The van der Waals surface area contributed by atoms with Crippen molar-refractivity contribution >= 4 is 23.1 Å². The molecule has 0 atom stereocenters. The van der Waals surface area contributed by atoms with Gasteiger partial charge in [0.2, 0.25) is 0 Å². The van der Waals surface area contributed by atoms with Crippen LogP contribution in [0.3, 0.4) is 0 Å². The fourth-order valence-corrected chi connectivity index (χ4v) is 4.25. The number of pyridine rings is 1. The smallest absolute Gasteiger partial charge is 0.288 e. The van der Waals surface area contributed by atoms with E-state index in [2.05, 4.69) is 11.1 Å². The summed E-state index contributed by atoms with van der Waals surface area (Å²) in [6.45, 7) is 0. The molecular weight excluding hydrogens is 388 g/mol. The third kappa shape index (κ3) is 4.86. The summed E-state index contributed by atoms with van der Waals surface area (Å²) >= 11 is 6.00. The lowest BCUT2D eigenvalue weighted by Gasteiger charge is -2.18. The third-order valence-corrected chi connectivity index (χ3v) is 5.86. The van der Waals surface area contributed by atoms with Gasteiger partial charge in [0.25, 0.3) is 5.69 Å². The number of nitrogen functional groups attached to an aromatic ring is 1. The van der Waals surface area contributed by atoms with Gasteiger partial charge in [0.15, 0.2) is 0 Å². The highest BCUT2D eigenvalue weighted by atomic mass is 35.5. The second kappa shape index (κ2) is 9.71. The van der Waals surface area contributed by atoms with E-state index in [1.165, 1.54) is 37.8 Å². The van der Waals surface area contributed by atoms with Gasteiger partial charge in [-0.05, 0) is 42.9 Å². The van der Waals surface area contributed by atoms with E-state index in [4.69, 9.17) is 17.3 Å². The number of nitrogens with zero attached hydrogens (tertiary/aromatic N) is 3. The van der Waals surface area contributed by atoms with Crippen LogP contribution < -0.4 is 5.73 Å². The number of aryl methyl sites for hydroxylation is 1. The van der Waals surface area contributed by atoms with Gasteiger partial charge in [-0.3, -0.25) is 10.1 Å². The fourth-order valence-electron chi connectivity index (χ4n) is 4.06. The average molecular weight is 413 g/mol. The first-order valence-corrected chi connectivity index (χ1v) is 10.6. The number of halogens is 1. The zero-order chi connectivity index (χ0) is 20.8. The molecule has 0 unspecified atom stereocenters. The minimum absolute atomic E-state index is 0.0724. The number of nitro groups is 1. The SMILES string of the molecule is N#Cc1c(N)nc2c(c1-c1ccc(Cl)c([N+](=O)[O-])c1)CCCCCCCCCC2. The summed E-state index contributed by atoms with van der Waals surface area (Å²) in [5, 5.41) is 21.2. The highest BCUT2D eigenvalue weighted by molar-refractivity contribution is 6.32. The van der Waals surface area contributed by atoms with Crippen molar-refractivity contribution in [3.63, 3.8) is 0 Å². The molecule has 0 radical (unpaired) electrons. The van der Waals surface area contributed by atoms with Gasteiger partial charge in [-0.1, -0.05) is 56.2 Å².